The molecule has 0 aromatic heterocycles. The predicted octanol–water partition coefficient (Wildman–Crippen LogP) is 4.56. The van der Waals surface area contributed by atoms with Crippen LogP contribution in [-0.4, -0.2) is 0 Å². The van der Waals surface area contributed by atoms with Gasteiger partial charge in [-0.2, -0.15) is 0 Å². The average molecular weight is 212 g/mol. The first kappa shape index (κ1) is 11.2. The van der Waals surface area contributed by atoms with Crippen molar-refractivity contribution in [2.75, 3.05) is 0 Å². The Morgan fingerprint density at radius 2 is 1.50 bits per heavy atom. The minimum absolute atomic E-state index is 0.307. The Morgan fingerprint density at radius 3 is 2.12 bits per heavy atom. The maximum Gasteiger partial charge on any atom is 0.00890 e. The summed E-state index contributed by atoms with van der Waals surface area (Å²) in [5.74, 6) is 1.10. The minimum Gasteiger partial charge on any atom is -0.0800 e. The molecule has 0 heterocycles. The molecule has 0 saturated carbocycles. The highest BCUT2D eigenvalue weighted by atomic mass is 14.3. The molecular formula is C16H20. The van der Waals surface area contributed by atoms with Crippen molar-refractivity contribution < 1.29 is 0 Å². The van der Waals surface area contributed by atoms with Crippen LogP contribution in [0, 0.1) is 11.3 Å². The van der Waals surface area contributed by atoms with Gasteiger partial charge >= 0.3 is 0 Å². The van der Waals surface area contributed by atoms with E-state index in [0.29, 0.717) is 17.3 Å². The topological polar surface area (TPSA) is 0 Å². The lowest BCUT2D eigenvalue weighted by Crippen LogP contribution is -2.25. The second kappa shape index (κ2) is 4.29. The second-order valence-corrected chi connectivity index (χ2v) is 5.60. The van der Waals surface area contributed by atoms with Crippen LogP contribution in [0.1, 0.15) is 32.3 Å². The van der Waals surface area contributed by atoms with Crippen molar-refractivity contribution in [2.24, 2.45) is 11.3 Å². The number of allylic oxidation sites excluding steroid dienone is 4. The Hall–Kier alpha value is -1.30. The largest absolute Gasteiger partial charge is 0.0800 e. The Bertz CT molecular complexity index is 390. The van der Waals surface area contributed by atoms with Gasteiger partial charge in [0.1, 0.15) is 0 Å². The lowest BCUT2D eigenvalue weighted by molar-refractivity contribution is 0.270. The highest BCUT2D eigenvalue weighted by Crippen LogP contribution is 2.41. The van der Waals surface area contributed by atoms with Crippen molar-refractivity contribution in [1.29, 1.82) is 0 Å². The van der Waals surface area contributed by atoms with Crippen molar-refractivity contribution in [3.8, 4) is 0 Å². The maximum atomic E-state index is 2.34. The van der Waals surface area contributed by atoms with E-state index >= 15 is 0 Å². The highest BCUT2D eigenvalue weighted by Gasteiger charge is 2.30. The lowest BCUT2D eigenvalue weighted by Gasteiger charge is -2.35. The lowest BCUT2D eigenvalue weighted by atomic mass is 9.69. The van der Waals surface area contributed by atoms with E-state index in [1.54, 1.807) is 0 Å². The first-order valence-corrected chi connectivity index (χ1v) is 5.99. The molecule has 1 aromatic carbocycles. The second-order valence-electron chi connectivity index (χ2n) is 5.60. The SMILES string of the molecule is CC(C)(C)C1C=CC=CC1c1ccccc1. The number of hydrogen-bond acceptors (Lipinski definition) is 0. The zero-order chi connectivity index (χ0) is 11.6. The van der Waals surface area contributed by atoms with Crippen LogP contribution in [0.15, 0.2) is 54.6 Å². The Kier molecular flexibility index (Phi) is 3.00. The molecule has 0 fully saturated rings. The van der Waals surface area contributed by atoms with Gasteiger partial charge in [-0.15, -0.1) is 0 Å². The van der Waals surface area contributed by atoms with E-state index in [1.807, 2.05) is 0 Å². The van der Waals surface area contributed by atoms with E-state index in [9.17, 15) is 0 Å². The summed E-state index contributed by atoms with van der Waals surface area (Å²) in [5.41, 5.74) is 1.73. The summed E-state index contributed by atoms with van der Waals surface area (Å²) >= 11 is 0. The molecule has 1 aliphatic rings. The summed E-state index contributed by atoms with van der Waals surface area (Å²) in [6.07, 6.45) is 9.01. The van der Waals surface area contributed by atoms with Crippen molar-refractivity contribution in [2.45, 2.75) is 26.7 Å². The fourth-order valence-corrected chi connectivity index (χ4v) is 2.43. The van der Waals surface area contributed by atoms with Crippen LogP contribution in [-0.2, 0) is 0 Å². The van der Waals surface area contributed by atoms with Crippen LogP contribution in [0.4, 0.5) is 0 Å². The molecule has 0 heteroatoms. The summed E-state index contributed by atoms with van der Waals surface area (Å²) in [6, 6.07) is 10.8. The molecular weight excluding hydrogens is 192 g/mol. The molecule has 0 bridgehead atoms. The molecule has 0 aliphatic heterocycles. The van der Waals surface area contributed by atoms with Gasteiger partial charge in [-0.1, -0.05) is 75.4 Å². The number of hydrogen-bond donors (Lipinski definition) is 0. The number of rotatable bonds is 1. The maximum absolute atomic E-state index is 2.34. The summed E-state index contributed by atoms with van der Waals surface area (Å²) in [5, 5.41) is 0. The molecule has 0 saturated heterocycles. The van der Waals surface area contributed by atoms with Crippen LogP contribution in [0.5, 0.6) is 0 Å². The molecule has 0 radical (unpaired) electrons. The summed E-state index contributed by atoms with van der Waals surface area (Å²) in [6.45, 7) is 6.95. The van der Waals surface area contributed by atoms with Crippen LogP contribution >= 0.6 is 0 Å². The Labute approximate surface area is 98.7 Å². The van der Waals surface area contributed by atoms with E-state index in [1.165, 1.54) is 5.56 Å². The fourth-order valence-electron chi connectivity index (χ4n) is 2.43. The van der Waals surface area contributed by atoms with E-state index in [0.717, 1.165) is 0 Å². The van der Waals surface area contributed by atoms with Gasteiger partial charge in [0, 0.05) is 5.92 Å². The van der Waals surface area contributed by atoms with Crippen molar-refractivity contribution >= 4 is 0 Å². The Balaban J connectivity index is 2.33. The fraction of sp³-hybridized carbons (Fsp3) is 0.375. The molecule has 1 aromatic rings. The van der Waals surface area contributed by atoms with Gasteiger partial charge in [-0.05, 0) is 16.9 Å². The van der Waals surface area contributed by atoms with Crippen molar-refractivity contribution in [1.82, 2.24) is 0 Å². The van der Waals surface area contributed by atoms with Gasteiger partial charge in [-0.25, -0.2) is 0 Å². The smallest absolute Gasteiger partial charge is 0.00890 e. The van der Waals surface area contributed by atoms with Gasteiger partial charge in [-0.3, -0.25) is 0 Å². The van der Waals surface area contributed by atoms with Crippen LogP contribution in [0.25, 0.3) is 0 Å². The van der Waals surface area contributed by atoms with Crippen molar-refractivity contribution in [3.05, 3.63) is 60.2 Å². The van der Waals surface area contributed by atoms with E-state index in [4.69, 9.17) is 0 Å². The van der Waals surface area contributed by atoms with Gasteiger partial charge in [0.15, 0.2) is 0 Å². The molecule has 0 spiro atoms. The van der Waals surface area contributed by atoms with Crippen LogP contribution in [0.2, 0.25) is 0 Å². The van der Waals surface area contributed by atoms with Gasteiger partial charge in [0.05, 0.1) is 0 Å². The third kappa shape index (κ3) is 2.27. The predicted molar refractivity (Wildman–Crippen MR) is 70.4 cm³/mol. The van der Waals surface area contributed by atoms with E-state index in [-0.39, 0.29) is 0 Å². The normalized spacial score (nSPS) is 24.7. The van der Waals surface area contributed by atoms with Gasteiger partial charge in [0.25, 0.3) is 0 Å². The molecule has 84 valence electrons. The molecule has 16 heavy (non-hydrogen) atoms. The summed E-state index contributed by atoms with van der Waals surface area (Å²) < 4.78 is 0. The highest BCUT2D eigenvalue weighted by molar-refractivity contribution is 5.31. The molecule has 2 rings (SSSR count). The Morgan fingerprint density at radius 1 is 0.875 bits per heavy atom. The standard InChI is InChI=1S/C16H20/c1-16(2,3)15-12-8-7-11-14(15)13-9-5-4-6-10-13/h4-12,14-15H,1-3H3. The average Bonchev–Trinajstić information content (AvgIpc) is 2.29. The summed E-state index contributed by atoms with van der Waals surface area (Å²) in [4.78, 5) is 0. The van der Waals surface area contributed by atoms with E-state index < -0.39 is 0 Å². The molecule has 2 unspecified atom stereocenters. The van der Waals surface area contributed by atoms with Crippen molar-refractivity contribution in [3.63, 3.8) is 0 Å². The zero-order valence-electron chi connectivity index (χ0n) is 10.4. The van der Waals surface area contributed by atoms with Gasteiger partial charge in [0.2, 0.25) is 0 Å². The van der Waals surface area contributed by atoms with Crippen LogP contribution in [0.3, 0.4) is 0 Å². The van der Waals surface area contributed by atoms with Gasteiger partial charge < -0.3 is 0 Å². The number of benzene rings is 1. The monoisotopic (exact) mass is 212 g/mol. The minimum atomic E-state index is 0.307. The van der Waals surface area contributed by atoms with E-state index in [2.05, 4.69) is 75.4 Å². The zero-order valence-corrected chi connectivity index (χ0v) is 10.4. The molecule has 0 amide bonds. The molecule has 1 aliphatic carbocycles. The quantitative estimate of drug-likeness (QED) is 0.640. The molecule has 0 N–H and O–H groups in total. The first-order chi connectivity index (χ1) is 7.59. The first-order valence-electron chi connectivity index (χ1n) is 5.99. The van der Waals surface area contributed by atoms with Crippen LogP contribution < -0.4 is 0 Å². The molecule has 2 atom stereocenters. The third-order valence-corrected chi connectivity index (χ3v) is 3.32. The third-order valence-electron chi connectivity index (χ3n) is 3.32. The summed E-state index contributed by atoms with van der Waals surface area (Å²) in [7, 11) is 0. The molecule has 0 nitrogen and oxygen atoms in total.